The molecule has 31 heavy (non-hydrogen) atoms. The van der Waals surface area contributed by atoms with E-state index in [2.05, 4.69) is 10.6 Å². The van der Waals surface area contributed by atoms with Crippen molar-refractivity contribution in [1.29, 1.82) is 0 Å². The number of aryl methyl sites for hydroxylation is 1. The lowest BCUT2D eigenvalue weighted by molar-refractivity contribution is -0.137. The molecule has 1 aliphatic rings. The van der Waals surface area contributed by atoms with E-state index in [4.69, 9.17) is 4.74 Å². The summed E-state index contributed by atoms with van der Waals surface area (Å²) in [5.41, 5.74) is 2.30. The molecule has 0 saturated carbocycles. The van der Waals surface area contributed by atoms with E-state index in [1.54, 1.807) is 24.3 Å². The SMILES string of the molecule is Cc1ccc2c(c1)NC(=O)c1cc(NC(=O)CC(CC(=O)O)c3cccs3)ccc1O2. The molecule has 0 fully saturated rings. The lowest BCUT2D eigenvalue weighted by atomic mass is 9.99. The number of carbonyl (C=O) groups is 3. The minimum atomic E-state index is -0.958. The molecule has 0 bridgehead atoms. The van der Waals surface area contributed by atoms with Crippen LogP contribution in [0.2, 0.25) is 0 Å². The summed E-state index contributed by atoms with van der Waals surface area (Å²) >= 11 is 1.42. The van der Waals surface area contributed by atoms with Crippen molar-refractivity contribution in [3.8, 4) is 11.5 Å². The van der Waals surface area contributed by atoms with Crippen molar-refractivity contribution in [1.82, 2.24) is 0 Å². The van der Waals surface area contributed by atoms with Gasteiger partial charge in [-0.3, -0.25) is 14.4 Å². The zero-order valence-electron chi connectivity index (χ0n) is 16.7. The molecule has 0 radical (unpaired) electrons. The molecule has 0 spiro atoms. The standard InChI is InChI=1S/C23H20N2O5S/c1-13-4-6-19-17(9-13)25-23(29)16-12-15(5-7-18(16)30-19)24-21(26)10-14(11-22(27)28)20-3-2-8-31-20/h2-9,12,14H,10-11H2,1H3,(H,24,26)(H,25,29)(H,27,28). The second-order valence-electron chi connectivity index (χ2n) is 7.33. The van der Waals surface area contributed by atoms with Gasteiger partial charge in [0.05, 0.1) is 17.7 Å². The van der Waals surface area contributed by atoms with E-state index < -0.39 is 11.9 Å². The number of carboxylic acids is 1. The molecule has 158 valence electrons. The number of carboxylic acid groups (broad SMARTS) is 1. The molecule has 7 nitrogen and oxygen atoms in total. The third-order valence-corrected chi connectivity index (χ3v) is 5.94. The topological polar surface area (TPSA) is 105 Å². The fraction of sp³-hybridized carbons (Fsp3) is 0.174. The highest BCUT2D eigenvalue weighted by Crippen LogP contribution is 2.37. The van der Waals surface area contributed by atoms with E-state index in [1.807, 2.05) is 36.6 Å². The molecular weight excluding hydrogens is 416 g/mol. The summed E-state index contributed by atoms with van der Waals surface area (Å²) in [7, 11) is 0. The van der Waals surface area contributed by atoms with Crippen LogP contribution in [0.3, 0.4) is 0 Å². The third kappa shape index (κ3) is 4.75. The van der Waals surface area contributed by atoms with Gasteiger partial charge in [-0.2, -0.15) is 0 Å². The predicted octanol–water partition coefficient (Wildman–Crippen LogP) is 5.00. The first-order valence-electron chi connectivity index (χ1n) is 9.68. The fourth-order valence-corrected chi connectivity index (χ4v) is 4.29. The van der Waals surface area contributed by atoms with Gasteiger partial charge in [0.1, 0.15) is 5.75 Å². The number of carbonyl (C=O) groups excluding carboxylic acids is 2. The lowest BCUT2D eigenvalue weighted by Gasteiger charge is -2.14. The van der Waals surface area contributed by atoms with Crippen molar-refractivity contribution in [3.05, 3.63) is 69.9 Å². The van der Waals surface area contributed by atoms with Crippen molar-refractivity contribution in [2.24, 2.45) is 0 Å². The maximum absolute atomic E-state index is 12.7. The zero-order chi connectivity index (χ0) is 22.0. The highest BCUT2D eigenvalue weighted by molar-refractivity contribution is 7.10. The Bertz CT molecular complexity index is 1160. The Kier molecular flexibility index (Phi) is 5.73. The number of hydrogen-bond donors (Lipinski definition) is 3. The molecule has 4 rings (SSSR count). The number of ether oxygens (including phenoxy) is 1. The Morgan fingerprint density at radius 3 is 2.68 bits per heavy atom. The van der Waals surface area contributed by atoms with Crippen molar-refractivity contribution >= 4 is 40.5 Å². The van der Waals surface area contributed by atoms with Gasteiger partial charge in [-0.05, 0) is 54.3 Å². The van der Waals surface area contributed by atoms with E-state index in [1.165, 1.54) is 11.3 Å². The predicted molar refractivity (Wildman–Crippen MR) is 118 cm³/mol. The van der Waals surface area contributed by atoms with Gasteiger partial charge in [0, 0.05) is 22.9 Å². The first-order valence-corrected chi connectivity index (χ1v) is 10.6. The van der Waals surface area contributed by atoms with Gasteiger partial charge in [-0.1, -0.05) is 12.1 Å². The monoisotopic (exact) mass is 436 g/mol. The van der Waals surface area contributed by atoms with Gasteiger partial charge in [-0.25, -0.2) is 0 Å². The van der Waals surface area contributed by atoms with Crippen LogP contribution in [0.25, 0.3) is 0 Å². The smallest absolute Gasteiger partial charge is 0.304 e. The quantitative estimate of drug-likeness (QED) is 0.504. The number of aliphatic carboxylic acids is 1. The van der Waals surface area contributed by atoms with E-state index in [0.29, 0.717) is 28.4 Å². The number of nitrogens with one attached hydrogen (secondary N) is 2. The highest BCUT2D eigenvalue weighted by Gasteiger charge is 2.23. The maximum Gasteiger partial charge on any atom is 0.304 e. The fourth-order valence-electron chi connectivity index (χ4n) is 3.46. The molecular formula is C23H20N2O5S. The van der Waals surface area contributed by atoms with Gasteiger partial charge in [0.15, 0.2) is 5.75 Å². The Balaban J connectivity index is 1.51. The summed E-state index contributed by atoms with van der Waals surface area (Å²) in [4.78, 5) is 37.4. The van der Waals surface area contributed by atoms with Crippen molar-refractivity contribution in [3.63, 3.8) is 0 Å². The van der Waals surface area contributed by atoms with Gasteiger partial charge in [0.25, 0.3) is 5.91 Å². The Morgan fingerprint density at radius 2 is 1.94 bits per heavy atom. The molecule has 0 aliphatic carbocycles. The Labute approximate surface area is 182 Å². The van der Waals surface area contributed by atoms with Crippen molar-refractivity contribution < 1.29 is 24.2 Å². The van der Waals surface area contributed by atoms with Crippen molar-refractivity contribution in [2.75, 3.05) is 10.6 Å². The molecule has 0 saturated heterocycles. The molecule has 3 aromatic rings. The maximum atomic E-state index is 12.7. The Morgan fingerprint density at radius 1 is 1.13 bits per heavy atom. The van der Waals surface area contributed by atoms with Gasteiger partial charge in [0.2, 0.25) is 5.91 Å². The van der Waals surface area contributed by atoms with Crippen LogP contribution in [0, 0.1) is 6.92 Å². The summed E-state index contributed by atoms with van der Waals surface area (Å²) < 4.78 is 5.89. The van der Waals surface area contributed by atoms with Crippen molar-refractivity contribution in [2.45, 2.75) is 25.7 Å². The minimum Gasteiger partial charge on any atom is -0.481 e. The number of thiophene rings is 1. The van der Waals surface area contributed by atoms with E-state index in [-0.39, 0.29) is 24.7 Å². The second-order valence-corrected chi connectivity index (χ2v) is 8.31. The van der Waals surface area contributed by atoms with Crippen LogP contribution in [-0.2, 0) is 9.59 Å². The summed E-state index contributed by atoms with van der Waals surface area (Å²) in [5, 5.41) is 16.6. The number of hydrogen-bond acceptors (Lipinski definition) is 5. The first-order chi connectivity index (χ1) is 14.9. The molecule has 2 heterocycles. The molecule has 8 heteroatoms. The molecule has 2 aromatic carbocycles. The largest absolute Gasteiger partial charge is 0.481 e. The lowest BCUT2D eigenvalue weighted by Crippen LogP contribution is -2.18. The third-order valence-electron chi connectivity index (χ3n) is 4.91. The zero-order valence-corrected chi connectivity index (χ0v) is 17.5. The summed E-state index contributed by atoms with van der Waals surface area (Å²) in [6, 6.07) is 14.0. The molecule has 1 unspecified atom stereocenters. The number of fused-ring (bicyclic) bond motifs is 2. The van der Waals surface area contributed by atoms with Gasteiger partial charge in [-0.15, -0.1) is 11.3 Å². The van der Waals surface area contributed by atoms with Crippen LogP contribution < -0.4 is 15.4 Å². The normalized spacial score (nSPS) is 13.1. The van der Waals surface area contributed by atoms with E-state index >= 15 is 0 Å². The van der Waals surface area contributed by atoms with Crippen LogP contribution in [-0.4, -0.2) is 22.9 Å². The van der Waals surface area contributed by atoms with Crippen LogP contribution in [0.5, 0.6) is 11.5 Å². The molecule has 2 amide bonds. The molecule has 1 atom stereocenters. The van der Waals surface area contributed by atoms with Gasteiger partial charge >= 0.3 is 5.97 Å². The average molecular weight is 436 g/mol. The average Bonchev–Trinajstić information content (AvgIpc) is 3.20. The van der Waals surface area contributed by atoms with Crippen LogP contribution >= 0.6 is 11.3 Å². The number of anilines is 2. The molecule has 3 N–H and O–H groups in total. The van der Waals surface area contributed by atoms with E-state index in [0.717, 1.165) is 10.4 Å². The number of amides is 2. The second kappa shape index (κ2) is 8.61. The first kappa shape index (κ1) is 20.6. The number of benzene rings is 2. The Hall–Kier alpha value is -3.65. The molecule has 1 aromatic heterocycles. The summed E-state index contributed by atoms with van der Waals surface area (Å²) in [6.45, 7) is 1.92. The van der Waals surface area contributed by atoms with Crippen LogP contribution in [0.1, 0.15) is 39.6 Å². The summed E-state index contributed by atoms with van der Waals surface area (Å²) in [6.07, 6.45) is -0.108. The minimum absolute atomic E-state index is 0.0251. The summed E-state index contributed by atoms with van der Waals surface area (Å²) in [5.74, 6) is -1.10. The highest BCUT2D eigenvalue weighted by atomic mass is 32.1. The van der Waals surface area contributed by atoms with Gasteiger partial charge < -0.3 is 20.5 Å². The van der Waals surface area contributed by atoms with Crippen LogP contribution in [0.4, 0.5) is 11.4 Å². The van der Waals surface area contributed by atoms with Crippen LogP contribution in [0.15, 0.2) is 53.9 Å². The molecule has 1 aliphatic heterocycles. The number of rotatable bonds is 6. The van der Waals surface area contributed by atoms with E-state index in [9.17, 15) is 19.5 Å².